The highest BCUT2D eigenvalue weighted by atomic mass is 19.2. The molecule has 2 aromatic carbocycles. The van der Waals surface area contributed by atoms with Gasteiger partial charge in [-0.25, -0.2) is 8.78 Å². The van der Waals surface area contributed by atoms with Crippen LogP contribution in [0, 0.1) is 0 Å². The minimum absolute atomic E-state index is 0.0258. The number of rotatable bonds is 10. The van der Waals surface area contributed by atoms with Crippen LogP contribution in [0.4, 0.5) is 25.8 Å². The van der Waals surface area contributed by atoms with Crippen LogP contribution in [0.15, 0.2) is 42.5 Å². The van der Waals surface area contributed by atoms with E-state index < -0.39 is 18.3 Å². The fraction of sp³-hybridized carbons (Fsp3) is 0.381. The number of nitrogens with two attached hydrogens (primary N) is 1. The van der Waals surface area contributed by atoms with Crippen molar-refractivity contribution in [3.63, 3.8) is 0 Å². The number of phenolic OH excluding ortho intramolecular Hbond substituents is 1. The number of carbonyl (C=O) groups is 1. The number of nitrogen functional groups attached to an aromatic ring is 1. The van der Waals surface area contributed by atoms with Gasteiger partial charge in [-0.15, -0.1) is 0 Å². The zero-order valence-electron chi connectivity index (χ0n) is 15.9. The van der Waals surface area contributed by atoms with Gasteiger partial charge in [0.15, 0.2) is 0 Å². The molecule has 0 saturated carbocycles. The van der Waals surface area contributed by atoms with Crippen molar-refractivity contribution in [1.29, 1.82) is 0 Å². The molecule has 7 heteroatoms. The SMILES string of the molecule is CCCCCC(F)C(F)C(=O)Nc1ccc(NCc2ccc(O)cc2)cc1N. The standard InChI is InChI=1S/C21H27F2N3O2/c1-2-3-4-5-17(22)20(23)21(28)26-19-11-8-15(12-18(19)24)25-13-14-6-9-16(27)10-7-14/h6-12,17,20,25,27H,2-5,13,24H2,1H3,(H,26,28). The highest BCUT2D eigenvalue weighted by Gasteiger charge is 2.28. The Morgan fingerprint density at radius 2 is 1.86 bits per heavy atom. The van der Waals surface area contributed by atoms with E-state index in [1.807, 2.05) is 6.92 Å². The number of unbranched alkanes of at least 4 members (excludes halogenated alkanes) is 2. The van der Waals surface area contributed by atoms with Gasteiger partial charge in [0.25, 0.3) is 5.91 Å². The van der Waals surface area contributed by atoms with Crippen molar-refractivity contribution in [2.24, 2.45) is 0 Å². The highest BCUT2D eigenvalue weighted by Crippen LogP contribution is 2.24. The van der Waals surface area contributed by atoms with Crippen molar-refractivity contribution in [2.45, 2.75) is 51.5 Å². The Morgan fingerprint density at radius 1 is 1.14 bits per heavy atom. The van der Waals surface area contributed by atoms with E-state index in [2.05, 4.69) is 10.6 Å². The Bertz CT molecular complexity index is 769. The van der Waals surface area contributed by atoms with Crippen LogP contribution in [0.2, 0.25) is 0 Å². The largest absolute Gasteiger partial charge is 0.508 e. The summed E-state index contributed by atoms with van der Waals surface area (Å²) in [5, 5.41) is 14.8. The predicted molar refractivity (Wildman–Crippen MR) is 109 cm³/mol. The van der Waals surface area contributed by atoms with Gasteiger partial charge in [0.05, 0.1) is 11.4 Å². The average molecular weight is 391 g/mol. The van der Waals surface area contributed by atoms with Crippen LogP contribution in [0.25, 0.3) is 0 Å². The van der Waals surface area contributed by atoms with E-state index in [0.29, 0.717) is 18.7 Å². The number of aromatic hydroxyl groups is 1. The molecule has 5 nitrogen and oxygen atoms in total. The number of benzene rings is 2. The summed E-state index contributed by atoms with van der Waals surface area (Å²) in [6, 6.07) is 11.6. The van der Waals surface area contributed by atoms with Crippen molar-refractivity contribution in [1.82, 2.24) is 0 Å². The molecule has 5 N–H and O–H groups in total. The van der Waals surface area contributed by atoms with E-state index in [1.54, 1.807) is 42.5 Å². The molecule has 0 radical (unpaired) electrons. The Labute approximate surface area is 163 Å². The summed E-state index contributed by atoms with van der Waals surface area (Å²) in [6.45, 7) is 2.48. The molecular weight excluding hydrogens is 364 g/mol. The summed E-state index contributed by atoms with van der Waals surface area (Å²) in [7, 11) is 0. The van der Waals surface area contributed by atoms with Gasteiger partial charge in [0, 0.05) is 12.2 Å². The second-order valence-corrected chi connectivity index (χ2v) is 6.72. The van der Waals surface area contributed by atoms with Crippen molar-refractivity contribution < 1.29 is 18.7 Å². The number of halogens is 2. The Morgan fingerprint density at radius 3 is 2.50 bits per heavy atom. The first-order chi connectivity index (χ1) is 13.4. The Kier molecular flexibility index (Phi) is 8.04. The molecule has 2 rings (SSSR count). The van der Waals surface area contributed by atoms with Gasteiger partial charge in [-0.3, -0.25) is 4.79 Å². The molecular formula is C21H27F2N3O2. The summed E-state index contributed by atoms with van der Waals surface area (Å²) in [6.07, 6.45) is -1.75. The molecule has 28 heavy (non-hydrogen) atoms. The second-order valence-electron chi connectivity index (χ2n) is 6.72. The summed E-state index contributed by atoms with van der Waals surface area (Å²) < 4.78 is 27.8. The molecule has 2 atom stereocenters. The molecule has 2 unspecified atom stereocenters. The van der Waals surface area contributed by atoms with Gasteiger partial charge in [0.1, 0.15) is 11.9 Å². The van der Waals surface area contributed by atoms with Crippen LogP contribution in [0.1, 0.15) is 38.2 Å². The molecule has 2 aromatic rings. The van der Waals surface area contributed by atoms with E-state index >= 15 is 0 Å². The molecule has 0 aromatic heterocycles. The normalized spacial score (nSPS) is 13.0. The Hall–Kier alpha value is -2.83. The molecule has 0 aliphatic heterocycles. The van der Waals surface area contributed by atoms with Crippen LogP contribution in [-0.4, -0.2) is 23.4 Å². The van der Waals surface area contributed by atoms with E-state index in [4.69, 9.17) is 5.73 Å². The van der Waals surface area contributed by atoms with Crippen molar-refractivity contribution >= 4 is 23.0 Å². The number of alkyl halides is 2. The summed E-state index contributed by atoms with van der Waals surface area (Å²) >= 11 is 0. The minimum Gasteiger partial charge on any atom is -0.508 e. The maximum atomic E-state index is 14.0. The number of hydrogen-bond acceptors (Lipinski definition) is 4. The second kappa shape index (κ2) is 10.5. The highest BCUT2D eigenvalue weighted by molar-refractivity contribution is 5.97. The van der Waals surface area contributed by atoms with Crippen LogP contribution >= 0.6 is 0 Å². The third-order valence-electron chi connectivity index (χ3n) is 4.39. The molecule has 0 fully saturated rings. The molecule has 0 spiro atoms. The van der Waals surface area contributed by atoms with Gasteiger partial charge in [-0.2, -0.15) is 0 Å². The maximum absolute atomic E-state index is 14.0. The van der Waals surface area contributed by atoms with Gasteiger partial charge >= 0.3 is 0 Å². The minimum atomic E-state index is -2.22. The van der Waals surface area contributed by atoms with Crippen molar-refractivity contribution in [3.05, 3.63) is 48.0 Å². The smallest absolute Gasteiger partial charge is 0.262 e. The van der Waals surface area contributed by atoms with Crippen LogP contribution < -0.4 is 16.4 Å². The van der Waals surface area contributed by atoms with Crippen LogP contribution in [-0.2, 0) is 11.3 Å². The Balaban J connectivity index is 1.90. The van der Waals surface area contributed by atoms with Gasteiger partial charge in [-0.05, 0) is 42.3 Å². The third-order valence-corrected chi connectivity index (χ3v) is 4.39. The average Bonchev–Trinajstić information content (AvgIpc) is 2.68. The molecule has 0 aliphatic carbocycles. The van der Waals surface area contributed by atoms with Gasteiger partial charge in [-0.1, -0.05) is 38.3 Å². The van der Waals surface area contributed by atoms with E-state index in [-0.39, 0.29) is 23.5 Å². The first-order valence-electron chi connectivity index (χ1n) is 9.41. The number of amides is 1. The predicted octanol–water partition coefficient (Wildman–Crippen LogP) is 4.78. The lowest BCUT2D eigenvalue weighted by molar-refractivity contribution is -0.123. The molecule has 0 heterocycles. The first kappa shape index (κ1) is 21.5. The molecule has 152 valence electrons. The number of carbonyl (C=O) groups excluding carboxylic acids is 1. The van der Waals surface area contributed by atoms with Crippen molar-refractivity contribution in [2.75, 3.05) is 16.4 Å². The number of nitrogens with one attached hydrogen (secondary N) is 2. The lowest BCUT2D eigenvalue weighted by Crippen LogP contribution is -2.32. The fourth-order valence-electron chi connectivity index (χ4n) is 2.71. The molecule has 0 bridgehead atoms. The zero-order valence-corrected chi connectivity index (χ0v) is 15.9. The monoisotopic (exact) mass is 391 g/mol. The molecule has 0 aliphatic rings. The molecule has 1 amide bonds. The topological polar surface area (TPSA) is 87.4 Å². The number of hydrogen-bond donors (Lipinski definition) is 4. The van der Waals surface area contributed by atoms with E-state index in [1.165, 1.54) is 0 Å². The number of phenols is 1. The quantitative estimate of drug-likeness (QED) is 0.347. The van der Waals surface area contributed by atoms with Crippen molar-refractivity contribution in [3.8, 4) is 5.75 Å². The zero-order chi connectivity index (χ0) is 20.5. The summed E-state index contributed by atoms with van der Waals surface area (Å²) in [5.41, 5.74) is 8.09. The summed E-state index contributed by atoms with van der Waals surface area (Å²) in [5.74, 6) is -0.833. The molecule has 0 saturated heterocycles. The maximum Gasteiger partial charge on any atom is 0.262 e. The number of anilines is 3. The first-order valence-corrected chi connectivity index (χ1v) is 9.41. The third kappa shape index (κ3) is 6.40. The fourth-order valence-corrected chi connectivity index (χ4v) is 2.71. The van der Waals surface area contributed by atoms with Crippen LogP contribution in [0.5, 0.6) is 5.75 Å². The lowest BCUT2D eigenvalue weighted by atomic mass is 10.1. The van der Waals surface area contributed by atoms with E-state index in [9.17, 15) is 18.7 Å². The lowest BCUT2D eigenvalue weighted by Gasteiger charge is -2.15. The van der Waals surface area contributed by atoms with Gasteiger partial charge in [0.2, 0.25) is 6.17 Å². The van der Waals surface area contributed by atoms with Gasteiger partial charge < -0.3 is 21.5 Å². The summed E-state index contributed by atoms with van der Waals surface area (Å²) in [4.78, 5) is 11.9. The van der Waals surface area contributed by atoms with Crippen LogP contribution in [0.3, 0.4) is 0 Å². The van der Waals surface area contributed by atoms with E-state index in [0.717, 1.165) is 18.4 Å².